The summed E-state index contributed by atoms with van der Waals surface area (Å²) in [6.45, 7) is 0. The van der Waals surface area contributed by atoms with E-state index >= 15 is 0 Å². The predicted octanol–water partition coefficient (Wildman–Crippen LogP) is 4.83. The summed E-state index contributed by atoms with van der Waals surface area (Å²) < 4.78 is 10.5. The first-order valence-electron chi connectivity index (χ1n) is 16.7. The third-order valence-electron chi connectivity index (χ3n) is 8.69. The Labute approximate surface area is 302 Å². The third-order valence-corrected chi connectivity index (χ3v) is 8.69. The van der Waals surface area contributed by atoms with Crippen LogP contribution in [0.25, 0.3) is 0 Å². The topological polar surface area (TPSA) is 146 Å². The number of H-pyrrole nitrogens is 1. The van der Waals surface area contributed by atoms with Gasteiger partial charge >= 0.3 is 0 Å². The summed E-state index contributed by atoms with van der Waals surface area (Å²) in [6.07, 6.45) is 1.07. The minimum atomic E-state index is -0.954. The van der Waals surface area contributed by atoms with Crippen LogP contribution in [-0.2, 0) is 22.4 Å². The number of anilines is 2. The summed E-state index contributed by atoms with van der Waals surface area (Å²) in [5.41, 5.74) is 2.99. The number of methoxy groups -OCH3 is 2. The highest BCUT2D eigenvalue weighted by molar-refractivity contribution is 6.04. The molecule has 52 heavy (non-hydrogen) atoms. The highest BCUT2D eigenvalue weighted by Crippen LogP contribution is 2.21. The van der Waals surface area contributed by atoms with E-state index in [0.29, 0.717) is 35.7 Å². The minimum absolute atomic E-state index is 0.0175. The summed E-state index contributed by atoms with van der Waals surface area (Å²) in [7, 11) is 6.40. The summed E-state index contributed by atoms with van der Waals surface area (Å²) >= 11 is 0. The third kappa shape index (κ3) is 9.42. The number of rotatable bonds is 15. The monoisotopic (exact) mass is 702 g/mol. The van der Waals surface area contributed by atoms with Crippen LogP contribution in [-0.4, -0.2) is 74.2 Å². The molecule has 5 rings (SSSR count). The summed E-state index contributed by atoms with van der Waals surface area (Å²) in [5, 5.41) is 12.3. The van der Waals surface area contributed by atoms with E-state index in [1.807, 2.05) is 60.7 Å². The van der Waals surface area contributed by atoms with Crippen molar-refractivity contribution in [2.45, 2.75) is 31.3 Å². The van der Waals surface area contributed by atoms with Gasteiger partial charge in [0.15, 0.2) is 5.69 Å². The second-order valence-electron chi connectivity index (χ2n) is 12.1. The molecule has 268 valence electrons. The van der Waals surface area contributed by atoms with Gasteiger partial charge in [0.05, 0.1) is 14.2 Å². The van der Waals surface area contributed by atoms with Crippen LogP contribution in [0.5, 0.6) is 11.5 Å². The number of carbonyl (C=O) groups excluding carboxylic acids is 4. The normalized spacial score (nSPS) is 11.8. The molecule has 0 fully saturated rings. The van der Waals surface area contributed by atoms with E-state index < -0.39 is 23.9 Å². The number of aryl methyl sites for hydroxylation is 1. The van der Waals surface area contributed by atoms with E-state index in [1.165, 1.54) is 15.9 Å². The predicted molar refractivity (Wildman–Crippen MR) is 199 cm³/mol. The molecule has 0 aliphatic heterocycles. The van der Waals surface area contributed by atoms with E-state index in [1.54, 1.807) is 76.8 Å². The second kappa shape index (κ2) is 17.5. The Kier molecular flexibility index (Phi) is 12.4. The lowest BCUT2D eigenvalue weighted by Crippen LogP contribution is -2.49. The lowest BCUT2D eigenvalue weighted by Gasteiger charge is -2.25. The van der Waals surface area contributed by atoms with E-state index in [0.717, 1.165) is 11.1 Å². The maximum Gasteiger partial charge on any atom is 0.272 e. The van der Waals surface area contributed by atoms with Crippen LogP contribution in [0.2, 0.25) is 0 Å². The van der Waals surface area contributed by atoms with Crippen molar-refractivity contribution in [2.24, 2.45) is 0 Å². The molecule has 4 amide bonds. The van der Waals surface area contributed by atoms with Crippen molar-refractivity contribution in [1.82, 2.24) is 20.8 Å². The van der Waals surface area contributed by atoms with Gasteiger partial charge in [-0.2, -0.15) is 5.10 Å². The molecule has 0 unspecified atom stereocenters. The molecule has 0 aliphatic rings. The van der Waals surface area contributed by atoms with Gasteiger partial charge in [0.1, 0.15) is 29.3 Å². The summed E-state index contributed by atoms with van der Waals surface area (Å²) in [6, 6.07) is 32.5. The van der Waals surface area contributed by atoms with E-state index in [4.69, 9.17) is 9.47 Å². The van der Waals surface area contributed by atoms with Crippen LogP contribution >= 0.6 is 0 Å². The van der Waals surface area contributed by atoms with E-state index in [9.17, 15) is 19.2 Å². The molecule has 0 saturated heterocycles. The number of aromatic amines is 1. The number of ether oxygens (including phenoxy) is 2. The first kappa shape index (κ1) is 36.8. The van der Waals surface area contributed by atoms with Gasteiger partial charge in [-0.15, -0.1) is 0 Å². The fraction of sp³-hybridized carbons (Fsp3) is 0.225. The zero-order valence-corrected chi connectivity index (χ0v) is 29.5. The van der Waals surface area contributed by atoms with Crippen molar-refractivity contribution in [3.8, 4) is 11.5 Å². The number of hydrogen-bond acceptors (Lipinski definition) is 7. The van der Waals surface area contributed by atoms with Gasteiger partial charge < -0.3 is 29.9 Å². The molecular weight excluding hydrogens is 660 g/mol. The average Bonchev–Trinajstić information content (AvgIpc) is 3.70. The van der Waals surface area contributed by atoms with E-state index in [-0.39, 0.29) is 29.6 Å². The maximum absolute atomic E-state index is 13.8. The number of hydrogen-bond donors (Lipinski definition) is 3. The molecule has 2 atom stereocenters. The molecule has 0 aliphatic carbocycles. The largest absolute Gasteiger partial charge is 0.497 e. The van der Waals surface area contributed by atoms with Crippen molar-refractivity contribution in [2.75, 3.05) is 38.1 Å². The van der Waals surface area contributed by atoms with Crippen LogP contribution in [0.3, 0.4) is 0 Å². The number of aromatic nitrogens is 2. The molecule has 3 N–H and O–H groups in total. The van der Waals surface area contributed by atoms with Gasteiger partial charge in [0.2, 0.25) is 11.8 Å². The molecule has 5 aromatic rings. The smallest absolute Gasteiger partial charge is 0.272 e. The molecule has 1 aromatic heterocycles. The molecule has 12 heteroatoms. The van der Waals surface area contributed by atoms with Gasteiger partial charge in [-0.3, -0.25) is 24.3 Å². The maximum atomic E-state index is 13.8. The van der Waals surface area contributed by atoms with Crippen LogP contribution in [0.15, 0.2) is 115 Å². The Morgan fingerprint density at radius 2 is 1.13 bits per heavy atom. The first-order valence-corrected chi connectivity index (χ1v) is 16.7. The SMILES string of the molecule is COc1ccc(N(C)C(=O)[C@H](Cc2ccccc2)NC(=O)c2cc(C(=O)N[C@@H](CCc3ccccc3)C(=O)N(C)c3ccc(OC)cc3)[nH]n2)cc1. The Hall–Kier alpha value is -6.43. The van der Waals surface area contributed by atoms with Crippen molar-refractivity contribution in [3.05, 3.63) is 138 Å². The zero-order chi connectivity index (χ0) is 37.0. The van der Waals surface area contributed by atoms with Crippen LogP contribution in [0.4, 0.5) is 11.4 Å². The molecular formula is C40H42N6O6. The van der Waals surface area contributed by atoms with Crippen LogP contribution in [0, 0.1) is 0 Å². The number of nitrogens with zero attached hydrogens (tertiary/aromatic N) is 3. The quantitative estimate of drug-likeness (QED) is 0.142. The van der Waals surface area contributed by atoms with Crippen molar-refractivity contribution >= 4 is 35.0 Å². The number of amides is 4. The fourth-order valence-electron chi connectivity index (χ4n) is 5.62. The molecule has 0 saturated carbocycles. The highest BCUT2D eigenvalue weighted by Gasteiger charge is 2.29. The molecule has 4 aromatic carbocycles. The Morgan fingerprint density at radius 3 is 1.65 bits per heavy atom. The Bertz CT molecular complexity index is 1950. The number of benzene rings is 4. The molecule has 0 radical (unpaired) electrons. The lowest BCUT2D eigenvalue weighted by molar-refractivity contribution is -0.120. The van der Waals surface area contributed by atoms with Gasteiger partial charge in [0.25, 0.3) is 11.8 Å². The number of likely N-dealkylation sites (N-methyl/N-ethyl adjacent to an activating group) is 2. The number of carbonyl (C=O) groups is 4. The Balaban J connectivity index is 1.31. The molecule has 0 bridgehead atoms. The minimum Gasteiger partial charge on any atom is -0.497 e. The van der Waals surface area contributed by atoms with Crippen molar-refractivity contribution < 1.29 is 28.7 Å². The average molecular weight is 703 g/mol. The van der Waals surface area contributed by atoms with Gasteiger partial charge in [-0.1, -0.05) is 60.7 Å². The van der Waals surface area contributed by atoms with E-state index in [2.05, 4.69) is 20.8 Å². The van der Waals surface area contributed by atoms with Crippen molar-refractivity contribution in [3.63, 3.8) is 0 Å². The highest BCUT2D eigenvalue weighted by atomic mass is 16.5. The Morgan fingerprint density at radius 1 is 0.654 bits per heavy atom. The van der Waals surface area contributed by atoms with Crippen LogP contribution < -0.4 is 29.9 Å². The first-order chi connectivity index (χ1) is 25.2. The van der Waals surface area contributed by atoms with Gasteiger partial charge in [-0.05, 0) is 72.5 Å². The van der Waals surface area contributed by atoms with Gasteiger partial charge in [-0.25, -0.2) is 0 Å². The standard InChI is InChI=1S/C40H42N6O6/c1-45(29-16-20-31(51-3)21-17-29)39(49)33(24-15-27-11-7-5-8-12-27)41-37(47)34-26-35(44-43-34)38(48)42-36(25-28-13-9-6-10-14-28)40(50)46(2)30-18-22-32(52-4)23-19-30/h5-14,16-23,26,33,36H,15,24-25H2,1-4H3,(H,41,47)(H,42,48)(H,43,44)/t33-,36-/m0/s1. The molecule has 1 heterocycles. The number of nitrogens with one attached hydrogen (secondary N) is 3. The summed E-state index contributed by atoms with van der Waals surface area (Å²) in [4.78, 5) is 57.6. The molecule has 12 nitrogen and oxygen atoms in total. The fourth-order valence-corrected chi connectivity index (χ4v) is 5.62. The second-order valence-corrected chi connectivity index (χ2v) is 12.1. The zero-order valence-electron chi connectivity index (χ0n) is 29.5. The van der Waals surface area contributed by atoms with Crippen molar-refractivity contribution in [1.29, 1.82) is 0 Å². The summed E-state index contributed by atoms with van der Waals surface area (Å²) in [5.74, 6) is -0.640. The van der Waals surface area contributed by atoms with Crippen LogP contribution in [0.1, 0.15) is 38.5 Å². The van der Waals surface area contributed by atoms with Gasteiger partial charge in [0, 0.05) is 38.0 Å². The molecule has 0 spiro atoms. The lowest BCUT2D eigenvalue weighted by atomic mass is 10.0.